The van der Waals surface area contributed by atoms with Crippen LogP contribution in [-0.4, -0.2) is 26.4 Å². The van der Waals surface area contributed by atoms with Crippen LogP contribution in [-0.2, 0) is 4.79 Å². The summed E-state index contributed by atoms with van der Waals surface area (Å²) in [6.45, 7) is 0. The lowest BCUT2D eigenvalue weighted by atomic mass is 10.1. The fourth-order valence-corrected chi connectivity index (χ4v) is 2.43. The van der Waals surface area contributed by atoms with Gasteiger partial charge in [0.05, 0.1) is 5.69 Å². The van der Waals surface area contributed by atoms with Crippen molar-refractivity contribution in [2.45, 2.75) is 0 Å². The molecular formula is C17H12N4O. The molecule has 3 heterocycles. The average Bonchev–Trinajstić information content (AvgIpc) is 3.17. The van der Waals surface area contributed by atoms with E-state index in [0.29, 0.717) is 11.5 Å². The molecule has 1 amide bonds. The molecule has 0 N–H and O–H groups in total. The van der Waals surface area contributed by atoms with Crippen LogP contribution in [0.3, 0.4) is 0 Å². The molecule has 0 unspecified atom stereocenters. The van der Waals surface area contributed by atoms with Crippen LogP contribution in [0.5, 0.6) is 0 Å². The van der Waals surface area contributed by atoms with Gasteiger partial charge in [0.15, 0.2) is 0 Å². The Labute approximate surface area is 127 Å². The summed E-state index contributed by atoms with van der Waals surface area (Å²) in [7, 11) is 0. The monoisotopic (exact) mass is 288 g/mol. The summed E-state index contributed by atoms with van der Waals surface area (Å²) in [5, 5.41) is 4.19. The first kappa shape index (κ1) is 12.5. The molecule has 2 aliphatic heterocycles. The van der Waals surface area contributed by atoms with Crippen molar-refractivity contribution in [2.75, 3.05) is 0 Å². The summed E-state index contributed by atoms with van der Waals surface area (Å²) >= 11 is 0. The van der Waals surface area contributed by atoms with E-state index in [0.717, 1.165) is 11.3 Å². The van der Waals surface area contributed by atoms with Crippen LogP contribution in [0.1, 0.15) is 5.56 Å². The highest BCUT2D eigenvalue weighted by molar-refractivity contribution is 6.17. The number of carbonyl (C=O) groups is 1. The Bertz CT molecular complexity index is 839. The van der Waals surface area contributed by atoms with E-state index in [9.17, 15) is 4.79 Å². The van der Waals surface area contributed by atoms with Gasteiger partial charge in [-0.1, -0.05) is 18.2 Å². The third-order valence-corrected chi connectivity index (χ3v) is 3.50. The summed E-state index contributed by atoms with van der Waals surface area (Å²) in [6.07, 6.45) is 12.9. The van der Waals surface area contributed by atoms with Gasteiger partial charge in [0.25, 0.3) is 5.91 Å². The molecule has 4 rings (SSSR count). The molecule has 5 nitrogen and oxygen atoms in total. The van der Waals surface area contributed by atoms with Crippen LogP contribution in [0.2, 0.25) is 0 Å². The summed E-state index contributed by atoms with van der Waals surface area (Å²) in [5.74, 6) is 0.439. The molecule has 1 aromatic carbocycles. The first-order valence-electron chi connectivity index (χ1n) is 6.90. The molecule has 22 heavy (non-hydrogen) atoms. The molecule has 0 saturated heterocycles. The zero-order valence-corrected chi connectivity index (χ0v) is 11.6. The van der Waals surface area contributed by atoms with Crippen LogP contribution in [0, 0.1) is 0 Å². The minimum Gasteiger partial charge on any atom is -0.297 e. The number of amides is 1. The summed E-state index contributed by atoms with van der Waals surface area (Å²) in [5.41, 5.74) is 2.48. The number of rotatable bonds is 2. The number of nitrogens with zero attached hydrogens (tertiary/aromatic N) is 4. The number of aliphatic imine (C=N–C) groups is 1. The van der Waals surface area contributed by atoms with E-state index in [2.05, 4.69) is 10.1 Å². The molecule has 0 spiro atoms. The molecular weight excluding hydrogens is 276 g/mol. The first-order valence-corrected chi connectivity index (χ1v) is 6.90. The highest BCUT2D eigenvalue weighted by Crippen LogP contribution is 2.22. The average molecular weight is 288 g/mol. The van der Waals surface area contributed by atoms with Crippen molar-refractivity contribution in [3.8, 4) is 5.69 Å². The van der Waals surface area contributed by atoms with Gasteiger partial charge in [-0.05, 0) is 42.0 Å². The number of hydrogen-bond donors (Lipinski definition) is 0. The van der Waals surface area contributed by atoms with E-state index in [1.807, 2.05) is 67.0 Å². The topological polar surface area (TPSA) is 50.5 Å². The van der Waals surface area contributed by atoms with Gasteiger partial charge in [-0.25, -0.2) is 4.68 Å². The SMILES string of the molecule is O=C1N=C2C=CC=CN2/C1=C/c1ccc(-n2cccn2)cc1. The number of hydrogen-bond acceptors (Lipinski definition) is 3. The van der Waals surface area contributed by atoms with Crippen LogP contribution in [0.4, 0.5) is 0 Å². The van der Waals surface area contributed by atoms with Gasteiger partial charge in [0.2, 0.25) is 0 Å². The predicted molar refractivity (Wildman–Crippen MR) is 84.1 cm³/mol. The smallest absolute Gasteiger partial charge is 0.295 e. The van der Waals surface area contributed by atoms with Crippen LogP contribution >= 0.6 is 0 Å². The summed E-state index contributed by atoms with van der Waals surface area (Å²) in [4.78, 5) is 17.8. The van der Waals surface area contributed by atoms with Crippen molar-refractivity contribution in [3.63, 3.8) is 0 Å². The Morgan fingerprint density at radius 1 is 1.09 bits per heavy atom. The van der Waals surface area contributed by atoms with Gasteiger partial charge in [0, 0.05) is 18.6 Å². The predicted octanol–water partition coefficient (Wildman–Crippen LogP) is 2.54. The number of carbonyl (C=O) groups excluding carboxylic acids is 1. The van der Waals surface area contributed by atoms with E-state index in [4.69, 9.17) is 0 Å². The molecule has 5 heteroatoms. The maximum absolute atomic E-state index is 12.0. The Balaban J connectivity index is 1.65. The lowest BCUT2D eigenvalue weighted by molar-refractivity contribution is -0.114. The summed E-state index contributed by atoms with van der Waals surface area (Å²) < 4.78 is 1.79. The van der Waals surface area contributed by atoms with Crippen molar-refractivity contribution in [1.29, 1.82) is 0 Å². The van der Waals surface area contributed by atoms with Crippen LogP contribution in [0.15, 0.2) is 77.8 Å². The molecule has 2 aromatic rings. The van der Waals surface area contributed by atoms with Crippen molar-refractivity contribution in [3.05, 3.63) is 78.4 Å². The number of fused-ring (bicyclic) bond motifs is 1. The second-order valence-electron chi connectivity index (χ2n) is 4.92. The molecule has 0 radical (unpaired) electrons. The molecule has 0 atom stereocenters. The van der Waals surface area contributed by atoms with E-state index < -0.39 is 0 Å². The zero-order chi connectivity index (χ0) is 14.9. The highest BCUT2D eigenvalue weighted by Gasteiger charge is 2.27. The van der Waals surface area contributed by atoms with Gasteiger partial charge in [-0.15, -0.1) is 0 Å². The van der Waals surface area contributed by atoms with E-state index in [-0.39, 0.29) is 5.91 Å². The van der Waals surface area contributed by atoms with E-state index >= 15 is 0 Å². The Hall–Kier alpha value is -3.21. The second kappa shape index (κ2) is 4.96. The number of allylic oxidation sites excluding steroid dienone is 2. The normalized spacial score (nSPS) is 18.0. The quantitative estimate of drug-likeness (QED) is 0.798. The lowest BCUT2D eigenvalue weighted by Gasteiger charge is -2.16. The van der Waals surface area contributed by atoms with Crippen molar-refractivity contribution in [2.24, 2.45) is 4.99 Å². The largest absolute Gasteiger partial charge is 0.297 e. The van der Waals surface area contributed by atoms with E-state index in [1.165, 1.54) is 0 Å². The van der Waals surface area contributed by atoms with Crippen molar-refractivity contribution < 1.29 is 4.79 Å². The van der Waals surface area contributed by atoms with Gasteiger partial charge in [-0.2, -0.15) is 10.1 Å². The maximum Gasteiger partial charge on any atom is 0.295 e. The fraction of sp³-hybridized carbons (Fsp3) is 0. The van der Waals surface area contributed by atoms with E-state index in [1.54, 1.807) is 15.8 Å². The minimum atomic E-state index is -0.220. The van der Waals surface area contributed by atoms with Gasteiger partial charge in [-0.3, -0.25) is 9.69 Å². The lowest BCUT2D eigenvalue weighted by Crippen LogP contribution is -2.20. The van der Waals surface area contributed by atoms with Crippen molar-refractivity contribution in [1.82, 2.24) is 14.7 Å². The second-order valence-corrected chi connectivity index (χ2v) is 4.92. The molecule has 0 saturated carbocycles. The number of benzene rings is 1. The minimum absolute atomic E-state index is 0.220. The highest BCUT2D eigenvalue weighted by atomic mass is 16.2. The molecule has 0 fully saturated rings. The Morgan fingerprint density at radius 2 is 1.95 bits per heavy atom. The molecule has 1 aromatic heterocycles. The molecule has 0 bridgehead atoms. The van der Waals surface area contributed by atoms with Gasteiger partial charge in [0.1, 0.15) is 11.5 Å². The van der Waals surface area contributed by atoms with Crippen LogP contribution < -0.4 is 0 Å². The van der Waals surface area contributed by atoms with Crippen molar-refractivity contribution >= 4 is 17.8 Å². The third kappa shape index (κ3) is 2.09. The molecule has 106 valence electrons. The van der Waals surface area contributed by atoms with Gasteiger partial charge < -0.3 is 0 Å². The molecule has 0 aliphatic carbocycles. The zero-order valence-electron chi connectivity index (χ0n) is 11.6. The Morgan fingerprint density at radius 3 is 2.73 bits per heavy atom. The first-order chi connectivity index (χ1) is 10.8. The van der Waals surface area contributed by atoms with Gasteiger partial charge >= 0.3 is 0 Å². The number of aromatic nitrogens is 2. The molecule has 2 aliphatic rings. The Kier molecular flexibility index (Phi) is 2.83. The standard InChI is InChI=1S/C17H12N4O/c22-17-15(20-10-2-1-4-16(20)19-17)12-13-5-7-14(8-6-13)21-11-3-9-18-21/h1-12H/b15-12+. The number of amidine groups is 1. The third-order valence-electron chi connectivity index (χ3n) is 3.50. The fourth-order valence-electron chi connectivity index (χ4n) is 2.43. The maximum atomic E-state index is 12.0. The van der Waals surface area contributed by atoms with Crippen LogP contribution in [0.25, 0.3) is 11.8 Å². The summed E-state index contributed by atoms with van der Waals surface area (Å²) in [6, 6.07) is 9.72.